The second kappa shape index (κ2) is 2.32. The maximum atomic E-state index is 4.44. The molecule has 3 heteroatoms. The molecule has 0 atom stereocenters. The molecular formula is C8H13N3. The Morgan fingerprint density at radius 2 is 2.27 bits per heavy atom. The van der Waals surface area contributed by atoms with Gasteiger partial charge in [-0.15, -0.1) is 0 Å². The first-order chi connectivity index (χ1) is 5.31. The molecule has 3 nitrogen and oxygen atoms in total. The second-order valence-electron chi connectivity index (χ2n) is 3.14. The molecule has 0 radical (unpaired) electrons. The normalized spacial score (nSPS) is 17.3. The Morgan fingerprint density at radius 1 is 1.55 bits per heavy atom. The largest absolute Gasteiger partial charge is 0.253 e. The maximum absolute atomic E-state index is 4.44. The molecule has 1 saturated carbocycles. The van der Waals surface area contributed by atoms with Crippen molar-refractivity contribution in [1.29, 1.82) is 0 Å². The lowest BCUT2D eigenvalue weighted by molar-refractivity contribution is 0.697. The van der Waals surface area contributed by atoms with Crippen molar-refractivity contribution in [2.45, 2.75) is 32.1 Å². The van der Waals surface area contributed by atoms with Crippen LogP contribution in [0, 0.1) is 0 Å². The molecule has 0 N–H and O–H groups in total. The molecule has 0 amide bonds. The first-order valence-electron chi connectivity index (χ1n) is 4.21. The van der Waals surface area contributed by atoms with Crippen LogP contribution in [-0.4, -0.2) is 14.8 Å². The van der Waals surface area contributed by atoms with Gasteiger partial charge in [-0.05, 0) is 12.8 Å². The van der Waals surface area contributed by atoms with E-state index in [1.165, 1.54) is 18.7 Å². The molecule has 60 valence electrons. The molecule has 0 bridgehead atoms. The van der Waals surface area contributed by atoms with Gasteiger partial charge in [0.1, 0.15) is 5.82 Å². The average Bonchev–Trinajstić information content (AvgIpc) is 2.76. The Labute approximate surface area is 66.4 Å². The average molecular weight is 151 g/mol. The van der Waals surface area contributed by atoms with Crippen LogP contribution in [0.3, 0.4) is 0 Å². The van der Waals surface area contributed by atoms with Gasteiger partial charge in [0.25, 0.3) is 0 Å². The van der Waals surface area contributed by atoms with Crippen LogP contribution in [-0.2, 0) is 13.5 Å². The quantitative estimate of drug-likeness (QED) is 0.637. The summed E-state index contributed by atoms with van der Waals surface area (Å²) in [5.41, 5.74) is 0. The van der Waals surface area contributed by atoms with E-state index in [9.17, 15) is 0 Å². The molecule has 2 rings (SSSR count). The van der Waals surface area contributed by atoms with Gasteiger partial charge in [0.2, 0.25) is 0 Å². The van der Waals surface area contributed by atoms with Crippen molar-refractivity contribution >= 4 is 0 Å². The fraction of sp³-hybridized carbons (Fsp3) is 0.750. The van der Waals surface area contributed by atoms with Crippen molar-refractivity contribution < 1.29 is 0 Å². The standard InChI is InChI=1S/C8H13N3/c1-3-7-9-8(6-4-5-6)11(2)10-7/h6H,3-5H2,1-2H3. The van der Waals surface area contributed by atoms with Crippen LogP contribution < -0.4 is 0 Å². The molecule has 0 saturated heterocycles. The van der Waals surface area contributed by atoms with Gasteiger partial charge in [-0.25, -0.2) is 4.98 Å². The van der Waals surface area contributed by atoms with Gasteiger partial charge in [-0.1, -0.05) is 6.92 Å². The second-order valence-corrected chi connectivity index (χ2v) is 3.14. The summed E-state index contributed by atoms with van der Waals surface area (Å²) in [5.74, 6) is 2.88. The summed E-state index contributed by atoms with van der Waals surface area (Å²) >= 11 is 0. The van der Waals surface area contributed by atoms with E-state index in [-0.39, 0.29) is 0 Å². The van der Waals surface area contributed by atoms with Crippen LogP contribution in [0.1, 0.15) is 37.3 Å². The summed E-state index contributed by atoms with van der Waals surface area (Å²) in [6.45, 7) is 2.09. The molecular weight excluding hydrogens is 138 g/mol. The minimum absolute atomic E-state index is 0.716. The van der Waals surface area contributed by atoms with Gasteiger partial charge < -0.3 is 0 Å². The molecule has 0 aliphatic heterocycles. The number of hydrogen-bond donors (Lipinski definition) is 0. The zero-order valence-corrected chi connectivity index (χ0v) is 7.04. The summed E-state index contributed by atoms with van der Waals surface area (Å²) < 4.78 is 1.93. The molecule has 0 aromatic carbocycles. The molecule has 11 heavy (non-hydrogen) atoms. The zero-order chi connectivity index (χ0) is 7.84. The van der Waals surface area contributed by atoms with E-state index in [0.29, 0.717) is 5.92 Å². The summed E-state index contributed by atoms with van der Waals surface area (Å²) in [6.07, 6.45) is 3.55. The molecule has 1 aliphatic rings. The van der Waals surface area contributed by atoms with Crippen molar-refractivity contribution in [1.82, 2.24) is 14.8 Å². The van der Waals surface area contributed by atoms with Crippen molar-refractivity contribution in [3.8, 4) is 0 Å². The first kappa shape index (κ1) is 6.83. The summed E-state index contributed by atoms with van der Waals surface area (Å²) in [4.78, 5) is 4.44. The van der Waals surface area contributed by atoms with Gasteiger partial charge in [0.05, 0.1) is 0 Å². The van der Waals surface area contributed by atoms with Gasteiger partial charge in [-0.3, -0.25) is 4.68 Å². The highest BCUT2D eigenvalue weighted by atomic mass is 15.3. The van der Waals surface area contributed by atoms with Crippen LogP contribution in [0.5, 0.6) is 0 Å². The third kappa shape index (κ3) is 1.15. The monoisotopic (exact) mass is 151 g/mol. The van der Waals surface area contributed by atoms with E-state index in [2.05, 4.69) is 17.0 Å². The predicted octanol–water partition coefficient (Wildman–Crippen LogP) is 1.25. The fourth-order valence-corrected chi connectivity index (χ4v) is 1.30. The van der Waals surface area contributed by atoms with E-state index < -0.39 is 0 Å². The summed E-state index contributed by atoms with van der Waals surface area (Å²) in [7, 11) is 1.99. The van der Waals surface area contributed by atoms with Crippen LogP contribution in [0.25, 0.3) is 0 Å². The molecule has 1 aliphatic carbocycles. The minimum atomic E-state index is 0.716. The smallest absolute Gasteiger partial charge is 0.150 e. The van der Waals surface area contributed by atoms with Crippen LogP contribution in [0.15, 0.2) is 0 Å². The minimum Gasteiger partial charge on any atom is -0.253 e. The maximum Gasteiger partial charge on any atom is 0.150 e. The van der Waals surface area contributed by atoms with Crippen LogP contribution in [0.2, 0.25) is 0 Å². The fourth-order valence-electron chi connectivity index (χ4n) is 1.30. The highest BCUT2D eigenvalue weighted by Gasteiger charge is 2.28. The van der Waals surface area contributed by atoms with Gasteiger partial charge in [0.15, 0.2) is 5.82 Å². The van der Waals surface area contributed by atoms with E-state index >= 15 is 0 Å². The molecule has 1 aromatic heterocycles. The van der Waals surface area contributed by atoms with Gasteiger partial charge in [-0.2, -0.15) is 5.10 Å². The highest BCUT2D eigenvalue weighted by Crippen LogP contribution is 2.38. The third-order valence-corrected chi connectivity index (χ3v) is 2.10. The molecule has 1 heterocycles. The molecule has 1 aromatic rings. The van der Waals surface area contributed by atoms with E-state index in [1.54, 1.807) is 0 Å². The van der Waals surface area contributed by atoms with Crippen LogP contribution in [0.4, 0.5) is 0 Å². The SMILES string of the molecule is CCc1nc(C2CC2)n(C)n1. The highest BCUT2D eigenvalue weighted by molar-refractivity contribution is 5.06. The number of hydrogen-bond acceptors (Lipinski definition) is 2. The topological polar surface area (TPSA) is 30.7 Å². The Balaban J connectivity index is 2.30. The molecule has 1 fully saturated rings. The number of aromatic nitrogens is 3. The molecule has 0 spiro atoms. The van der Waals surface area contributed by atoms with E-state index in [4.69, 9.17) is 0 Å². The lowest BCUT2D eigenvalue weighted by Gasteiger charge is -1.92. The van der Waals surface area contributed by atoms with Crippen molar-refractivity contribution in [3.63, 3.8) is 0 Å². The third-order valence-electron chi connectivity index (χ3n) is 2.10. The Morgan fingerprint density at radius 3 is 2.73 bits per heavy atom. The van der Waals surface area contributed by atoms with Crippen LogP contribution >= 0.6 is 0 Å². The van der Waals surface area contributed by atoms with E-state index in [1.807, 2.05) is 11.7 Å². The van der Waals surface area contributed by atoms with Crippen molar-refractivity contribution in [2.24, 2.45) is 7.05 Å². The number of rotatable bonds is 2. The first-order valence-corrected chi connectivity index (χ1v) is 4.21. The Kier molecular flexibility index (Phi) is 1.44. The summed E-state index contributed by atoms with van der Waals surface area (Å²) in [6, 6.07) is 0. The van der Waals surface area contributed by atoms with Gasteiger partial charge in [0, 0.05) is 19.4 Å². The van der Waals surface area contributed by atoms with Gasteiger partial charge >= 0.3 is 0 Å². The lowest BCUT2D eigenvalue weighted by atomic mass is 10.4. The van der Waals surface area contributed by atoms with Crippen molar-refractivity contribution in [3.05, 3.63) is 11.6 Å². The zero-order valence-electron chi connectivity index (χ0n) is 7.04. The predicted molar refractivity (Wildman–Crippen MR) is 42.4 cm³/mol. The summed E-state index contributed by atoms with van der Waals surface area (Å²) in [5, 5.41) is 4.30. The van der Waals surface area contributed by atoms with Crippen molar-refractivity contribution in [2.75, 3.05) is 0 Å². The van der Waals surface area contributed by atoms with E-state index in [0.717, 1.165) is 12.2 Å². The molecule has 0 unspecified atom stereocenters. The lowest BCUT2D eigenvalue weighted by Crippen LogP contribution is -1.96. The Hall–Kier alpha value is -0.860. The number of nitrogens with zero attached hydrogens (tertiary/aromatic N) is 3. The Bertz CT molecular complexity index is 260. The number of aryl methyl sites for hydroxylation is 2.